The average molecular weight is 467 g/mol. The number of hydrogen-bond acceptors (Lipinski definition) is 5. The fraction of sp³-hybridized carbons (Fsp3) is 0.385. The number of nitrogens with zero attached hydrogens (tertiary/aromatic N) is 2. The van der Waals surface area contributed by atoms with Crippen LogP contribution in [0.25, 0.3) is 0 Å². The van der Waals surface area contributed by atoms with Crippen molar-refractivity contribution in [1.82, 2.24) is 9.80 Å². The van der Waals surface area contributed by atoms with Gasteiger partial charge in [0.15, 0.2) is 5.76 Å². The second-order valence-corrected chi connectivity index (χ2v) is 9.44. The Balaban J connectivity index is 1.52. The molecular weight excluding hydrogens is 436 g/mol. The summed E-state index contributed by atoms with van der Waals surface area (Å²) in [5.41, 5.74) is 3.41. The van der Waals surface area contributed by atoms with Crippen LogP contribution in [-0.2, 0) is 11.2 Å². The predicted octanol–water partition coefficient (Wildman–Crippen LogP) is 5.02. The number of fused-ring (bicyclic) bond motifs is 1. The van der Waals surface area contributed by atoms with E-state index in [1.54, 1.807) is 28.4 Å². The van der Waals surface area contributed by atoms with Crippen LogP contribution in [0.15, 0.2) is 52.5 Å². The van der Waals surface area contributed by atoms with E-state index < -0.39 is 0 Å². The molecule has 1 aromatic carbocycles. The number of hydrogen-bond donors (Lipinski definition) is 0. The number of rotatable bonds is 8. The highest BCUT2D eigenvalue weighted by molar-refractivity contribution is 7.10. The van der Waals surface area contributed by atoms with E-state index in [-0.39, 0.29) is 30.2 Å². The zero-order valence-corrected chi connectivity index (χ0v) is 20.2. The van der Waals surface area contributed by atoms with Crippen molar-refractivity contribution in [2.75, 3.05) is 26.2 Å². The largest absolute Gasteiger partial charge is 0.491 e. The van der Waals surface area contributed by atoms with E-state index in [4.69, 9.17) is 9.15 Å². The van der Waals surface area contributed by atoms with Crippen molar-refractivity contribution in [3.05, 3.63) is 75.4 Å². The molecule has 174 valence electrons. The monoisotopic (exact) mass is 466 g/mol. The number of amides is 2. The van der Waals surface area contributed by atoms with E-state index in [9.17, 15) is 9.59 Å². The van der Waals surface area contributed by atoms with Crippen LogP contribution in [0, 0.1) is 13.8 Å². The Morgan fingerprint density at radius 2 is 2.09 bits per heavy atom. The van der Waals surface area contributed by atoms with E-state index in [0.717, 1.165) is 29.7 Å². The van der Waals surface area contributed by atoms with Crippen molar-refractivity contribution in [2.45, 2.75) is 39.7 Å². The number of aryl methyl sites for hydroxylation is 2. The molecule has 6 nitrogen and oxygen atoms in total. The molecule has 0 radical (unpaired) electrons. The number of benzene rings is 1. The summed E-state index contributed by atoms with van der Waals surface area (Å²) in [6.45, 7) is 7.58. The SMILES string of the molecule is CCCN(CC(=O)N1CCc2sccc2[C@H]1COc1ccc(C)cc1C)C(=O)c1ccco1. The molecule has 0 saturated carbocycles. The van der Waals surface area contributed by atoms with Crippen molar-refractivity contribution in [2.24, 2.45) is 0 Å². The van der Waals surface area contributed by atoms with Crippen LogP contribution < -0.4 is 4.74 Å². The van der Waals surface area contributed by atoms with Crippen molar-refractivity contribution < 1.29 is 18.7 Å². The maximum absolute atomic E-state index is 13.5. The van der Waals surface area contributed by atoms with Gasteiger partial charge in [0.2, 0.25) is 5.91 Å². The van der Waals surface area contributed by atoms with Gasteiger partial charge in [-0.3, -0.25) is 9.59 Å². The Bertz CT molecular complexity index is 1110. The third-order valence-electron chi connectivity index (χ3n) is 5.98. The number of ether oxygens (including phenoxy) is 1. The molecule has 1 aliphatic rings. The molecule has 0 fully saturated rings. The summed E-state index contributed by atoms with van der Waals surface area (Å²) in [6, 6.07) is 11.3. The van der Waals surface area contributed by atoms with Crippen molar-refractivity contribution >= 4 is 23.2 Å². The normalized spacial score (nSPS) is 15.2. The van der Waals surface area contributed by atoms with Crippen LogP contribution in [0.3, 0.4) is 0 Å². The summed E-state index contributed by atoms with van der Waals surface area (Å²) in [4.78, 5) is 31.1. The molecule has 7 heteroatoms. The fourth-order valence-electron chi connectivity index (χ4n) is 4.34. The van der Waals surface area contributed by atoms with Gasteiger partial charge in [0.1, 0.15) is 18.9 Å². The Morgan fingerprint density at radius 3 is 2.82 bits per heavy atom. The van der Waals surface area contributed by atoms with Gasteiger partial charge in [-0.25, -0.2) is 0 Å². The van der Waals surface area contributed by atoms with Gasteiger partial charge in [0.05, 0.1) is 12.3 Å². The Hall–Kier alpha value is -3.06. The Labute approximate surface area is 198 Å². The van der Waals surface area contributed by atoms with Gasteiger partial charge in [-0.2, -0.15) is 0 Å². The lowest BCUT2D eigenvalue weighted by molar-refractivity contribution is -0.135. The molecule has 1 aliphatic heterocycles. The first-order valence-electron chi connectivity index (χ1n) is 11.4. The fourth-order valence-corrected chi connectivity index (χ4v) is 5.27. The van der Waals surface area contributed by atoms with Gasteiger partial charge in [-0.15, -0.1) is 11.3 Å². The standard InChI is InChI=1S/C26H30N2O4S/c1-4-11-27(26(30)23-6-5-13-31-23)16-25(29)28-12-9-24-20(10-14-33-24)21(28)17-32-22-8-7-18(2)15-19(22)3/h5-8,10,13-15,21H,4,9,11-12,16-17H2,1-3H3/t21-/m1/s1. The van der Waals surface area contributed by atoms with Gasteiger partial charge in [0.25, 0.3) is 5.91 Å². The molecular formula is C26H30N2O4S. The van der Waals surface area contributed by atoms with Crippen LogP contribution in [0.1, 0.15) is 51.5 Å². The summed E-state index contributed by atoms with van der Waals surface area (Å²) in [5, 5.41) is 2.08. The lowest BCUT2D eigenvalue weighted by Gasteiger charge is -2.37. The van der Waals surface area contributed by atoms with Crippen LogP contribution in [0.4, 0.5) is 0 Å². The molecule has 1 atom stereocenters. The highest BCUT2D eigenvalue weighted by Gasteiger charge is 2.34. The lowest BCUT2D eigenvalue weighted by Crippen LogP contribution is -2.48. The highest BCUT2D eigenvalue weighted by Crippen LogP contribution is 2.34. The predicted molar refractivity (Wildman–Crippen MR) is 129 cm³/mol. The lowest BCUT2D eigenvalue weighted by atomic mass is 10.00. The summed E-state index contributed by atoms with van der Waals surface area (Å²) in [6.07, 6.45) is 3.05. The third-order valence-corrected chi connectivity index (χ3v) is 6.98. The number of carbonyl (C=O) groups is 2. The van der Waals surface area contributed by atoms with Crippen LogP contribution in [0.5, 0.6) is 5.75 Å². The maximum atomic E-state index is 13.5. The summed E-state index contributed by atoms with van der Waals surface area (Å²) in [7, 11) is 0. The second kappa shape index (κ2) is 10.3. The quantitative estimate of drug-likeness (QED) is 0.468. The van der Waals surface area contributed by atoms with Gasteiger partial charge in [-0.05, 0) is 67.5 Å². The summed E-state index contributed by atoms with van der Waals surface area (Å²) < 4.78 is 11.5. The molecule has 4 rings (SSSR count). The molecule has 3 aromatic rings. The molecule has 0 N–H and O–H groups in total. The van der Waals surface area contributed by atoms with Crippen LogP contribution in [0.2, 0.25) is 0 Å². The molecule has 33 heavy (non-hydrogen) atoms. The third kappa shape index (κ3) is 5.14. The van der Waals surface area contributed by atoms with Crippen molar-refractivity contribution in [3.8, 4) is 5.75 Å². The first-order chi connectivity index (χ1) is 16.0. The van der Waals surface area contributed by atoms with E-state index in [1.165, 1.54) is 16.7 Å². The second-order valence-electron chi connectivity index (χ2n) is 8.44. The maximum Gasteiger partial charge on any atom is 0.290 e. The zero-order chi connectivity index (χ0) is 23.4. The highest BCUT2D eigenvalue weighted by atomic mass is 32.1. The molecule has 0 unspecified atom stereocenters. The van der Waals surface area contributed by atoms with Crippen LogP contribution >= 0.6 is 11.3 Å². The van der Waals surface area contributed by atoms with E-state index in [2.05, 4.69) is 24.4 Å². The number of furan rings is 1. The number of carbonyl (C=O) groups excluding carboxylic acids is 2. The topological polar surface area (TPSA) is 63.0 Å². The minimum Gasteiger partial charge on any atom is -0.491 e. The molecule has 3 heterocycles. The minimum absolute atomic E-state index is 0.0207. The molecule has 2 aromatic heterocycles. The molecule has 0 aliphatic carbocycles. The molecule has 2 amide bonds. The summed E-state index contributed by atoms with van der Waals surface area (Å²) in [5.74, 6) is 0.752. The molecule has 0 saturated heterocycles. The van der Waals surface area contributed by atoms with E-state index >= 15 is 0 Å². The molecule has 0 bridgehead atoms. The van der Waals surface area contributed by atoms with E-state index in [0.29, 0.717) is 19.7 Å². The summed E-state index contributed by atoms with van der Waals surface area (Å²) >= 11 is 1.72. The van der Waals surface area contributed by atoms with Crippen molar-refractivity contribution in [3.63, 3.8) is 0 Å². The average Bonchev–Trinajstić information content (AvgIpc) is 3.49. The van der Waals surface area contributed by atoms with Gasteiger partial charge in [0, 0.05) is 18.0 Å². The first kappa shape index (κ1) is 23.1. The van der Waals surface area contributed by atoms with Crippen LogP contribution in [-0.4, -0.2) is 47.9 Å². The minimum atomic E-state index is -0.258. The van der Waals surface area contributed by atoms with Gasteiger partial charge < -0.3 is 19.0 Å². The Morgan fingerprint density at radius 1 is 1.24 bits per heavy atom. The van der Waals surface area contributed by atoms with Gasteiger partial charge >= 0.3 is 0 Å². The zero-order valence-electron chi connectivity index (χ0n) is 19.4. The van der Waals surface area contributed by atoms with E-state index in [1.807, 2.05) is 30.9 Å². The van der Waals surface area contributed by atoms with Gasteiger partial charge in [-0.1, -0.05) is 24.6 Å². The van der Waals surface area contributed by atoms with Crippen molar-refractivity contribution in [1.29, 1.82) is 0 Å². The smallest absolute Gasteiger partial charge is 0.290 e. The number of thiophene rings is 1. The Kier molecular flexibility index (Phi) is 7.18. The molecule has 0 spiro atoms. The first-order valence-corrected chi connectivity index (χ1v) is 12.2.